The van der Waals surface area contributed by atoms with E-state index in [-0.39, 0.29) is 24.9 Å². The van der Waals surface area contributed by atoms with E-state index in [2.05, 4.69) is 123 Å². The van der Waals surface area contributed by atoms with Crippen LogP contribution in [0.3, 0.4) is 0 Å². The van der Waals surface area contributed by atoms with Crippen molar-refractivity contribution in [3.8, 4) is 0 Å². The number of hydrogen-bond acceptors (Lipinski definition) is 7. The fourth-order valence-corrected chi connectivity index (χ4v) is 10.8. The van der Waals surface area contributed by atoms with Crippen molar-refractivity contribution < 1.29 is 37.3 Å². The highest BCUT2D eigenvalue weighted by atomic mass is 31.2. The summed E-state index contributed by atoms with van der Waals surface area (Å²) in [6, 6.07) is -0.906. The van der Waals surface area contributed by atoms with E-state index in [1.54, 1.807) is 0 Å². The summed E-state index contributed by atoms with van der Waals surface area (Å²) in [6.45, 7) is 6.79. The summed E-state index contributed by atoms with van der Waals surface area (Å²) in [5.74, 6) is -0.563. The molecule has 0 rings (SSSR count). The first-order valence-electron chi connectivity index (χ1n) is 36.2. The molecule has 0 aromatic carbocycles. The zero-order valence-corrected chi connectivity index (χ0v) is 58.3. The lowest BCUT2D eigenvalue weighted by Gasteiger charge is -2.30. The topological polar surface area (TPSA) is 114 Å². The molecular formula is C77H137N2O7P. The number of rotatable bonds is 65. The summed E-state index contributed by atoms with van der Waals surface area (Å²) < 4.78 is 30.5. The number of ether oxygens (including phenoxy) is 1. The van der Waals surface area contributed by atoms with Crippen LogP contribution in [0.25, 0.3) is 0 Å². The summed E-state index contributed by atoms with van der Waals surface area (Å²) in [6.07, 6.45) is 90.6. The first kappa shape index (κ1) is 83.7. The van der Waals surface area contributed by atoms with Gasteiger partial charge in [0.2, 0.25) is 5.91 Å². The van der Waals surface area contributed by atoms with Crippen LogP contribution >= 0.6 is 7.82 Å². The molecule has 1 amide bonds. The number of quaternary nitrogens is 1. The fourth-order valence-electron chi connectivity index (χ4n) is 10.1. The van der Waals surface area contributed by atoms with Gasteiger partial charge in [-0.05, 0) is 122 Å². The van der Waals surface area contributed by atoms with Gasteiger partial charge < -0.3 is 28.5 Å². The molecule has 10 heteroatoms. The molecule has 0 aromatic heterocycles. The zero-order valence-electron chi connectivity index (χ0n) is 57.4. The molecule has 0 heterocycles. The van der Waals surface area contributed by atoms with Crippen LogP contribution in [-0.4, -0.2) is 69.4 Å². The van der Waals surface area contributed by atoms with Gasteiger partial charge in [0.25, 0.3) is 7.82 Å². The van der Waals surface area contributed by atoms with Gasteiger partial charge >= 0.3 is 5.97 Å². The van der Waals surface area contributed by atoms with E-state index in [9.17, 15) is 19.0 Å². The van der Waals surface area contributed by atoms with Crippen molar-refractivity contribution in [2.75, 3.05) is 40.9 Å². The van der Waals surface area contributed by atoms with Crippen molar-refractivity contribution in [3.63, 3.8) is 0 Å². The predicted molar refractivity (Wildman–Crippen MR) is 376 cm³/mol. The van der Waals surface area contributed by atoms with Gasteiger partial charge in [0, 0.05) is 12.8 Å². The lowest BCUT2D eigenvalue weighted by Crippen LogP contribution is -2.47. The quantitative estimate of drug-likeness (QED) is 0.0212. The van der Waals surface area contributed by atoms with Gasteiger partial charge in [-0.2, -0.15) is 0 Å². The van der Waals surface area contributed by atoms with Gasteiger partial charge in [0.15, 0.2) is 0 Å². The molecule has 0 aliphatic heterocycles. The van der Waals surface area contributed by atoms with Crippen LogP contribution < -0.4 is 10.2 Å². The summed E-state index contributed by atoms with van der Waals surface area (Å²) in [4.78, 5) is 40.2. The number of amides is 1. The molecule has 0 aromatic rings. The largest absolute Gasteiger partial charge is 0.756 e. The minimum atomic E-state index is -4.72. The Morgan fingerprint density at radius 3 is 1.07 bits per heavy atom. The van der Waals surface area contributed by atoms with E-state index in [1.807, 2.05) is 33.3 Å². The molecule has 0 radical (unpaired) electrons. The summed E-state index contributed by atoms with van der Waals surface area (Å²) in [5.41, 5.74) is 0. The first-order valence-corrected chi connectivity index (χ1v) is 37.7. The van der Waals surface area contributed by atoms with Crippen LogP contribution in [0.4, 0.5) is 0 Å². The highest BCUT2D eigenvalue weighted by Gasteiger charge is 2.27. The Bertz CT molecular complexity index is 1860. The van der Waals surface area contributed by atoms with E-state index in [0.29, 0.717) is 23.9 Å². The third kappa shape index (κ3) is 66.9. The molecule has 0 bridgehead atoms. The lowest BCUT2D eigenvalue weighted by atomic mass is 10.0. The number of allylic oxidation sites excluding steroid dienone is 17. The van der Waals surface area contributed by atoms with E-state index >= 15 is 0 Å². The van der Waals surface area contributed by atoms with Crippen molar-refractivity contribution in [1.29, 1.82) is 0 Å². The van der Waals surface area contributed by atoms with Crippen LogP contribution in [0.15, 0.2) is 109 Å². The van der Waals surface area contributed by atoms with Crippen molar-refractivity contribution in [1.82, 2.24) is 5.32 Å². The molecular weight excluding hydrogens is 1100 g/mol. The maximum absolute atomic E-state index is 13.6. The van der Waals surface area contributed by atoms with Crippen molar-refractivity contribution in [2.45, 2.75) is 328 Å². The Kier molecular flexibility index (Phi) is 63.1. The minimum Gasteiger partial charge on any atom is -0.756 e. The standard InChI is InChI=1S/C77H137N2O7P/c1-7-10-13-16-19-22-25-28-30-32-34-36-37-38-39-40-41-43-44-46-48-51-54-57-60-63-66-69-76(80)78-74(73-85-87(82,83)84-72-71-79(4,5)6)75(68-65-62-59-56-53-50-27-24-21-18-15-12-9-3)86-77(81)70-67-64-61-58-55-52-49-47-45-42-35-33-31-29-26-23-20-17-14-11-8-2/h19-20,22-23,28-31,34-36,38-39,42,47,49,65,68,74-75H,7-18,21,24-27,32-33,37,40-41,43-46,48,50-64,66-67,69-73H2,1-6H3,(H-,78,80,82,83)/b22-19-,23-20-,30-28-,31-29-,36-34-,39-38-,42-35-,49-47-,68-65-. The van der Waals surface area contributed by atoms with Gasteiger partial charge in [0.1, 0.15) is 19.3 Å². The second-order valence-electron chi connectivity index (χ2n) is 25.4. The maximum atomic E-state index is 13.6. The number of nitrogens with zero attached hydrogens (tertiary/aromatic N) is 1. The smallest absolute Gasteiger partial charge is 0.306 e. The zero-order chi connectivity index (χ0) is 63.5. The van der Waals surface area contributed by atoms with Crippen LogP contribution in [0.1, 0.15) is 316 Å². The molecule has 0 saturated heterocycles. The van der Waals surface area contributed by atoms with Gasteiger partial charge in [-0.1, -0.05) is 291 Å². The van der Waals surface area contributed by atoms with E-state index < -0.39 is 26.6 Å². The van der Waals surface area contributed by atoms with E-state index in [1.165, 1.54) is 161 Å². The minimum absolute atomic E-state index is 0.0308. The van der Waals surface area contributed by atoms with Gasteiger partial charge in [-0.15, -0.1) is 0 Å². The van der Waals surface area contributed by atoms with Crippen molar-refractivity contribution in [2.24, 2.45) is 0 Å². The number of carbonyl (C=O) groups excluding carboxylic acids is 2. The predicted octanol–water partition coefficient (Wildman–Crippen LogP) is 22.6. The Balaban J connectivity index is 5.13. The molecule has 0 aliphatic rings. The van der Waals surface area contributed by atoms with Gasteiger partial charge in [0.05, 0.1) is 33.8 Å². The van der Waals surface area contributed by atoms with Crippen LogP contribution in [0.2, 0.25) is 0 Å². The highest BCUT2D eigenvalue weighted by molar-refractivity contribution is 7.45. The summed E-state index contributed by atoms with van der Waals surface area (Å²) in [7, 11) is 1.16. The number of nitrogens with one attached hydrogen (secondary N) is 1. The van der Waals surface area contributed by atoms with Gasteiger partial charge in [-0.25, -0.2) is 0 Å². The third-order valence-electron chi connectivity index (χ3n) is 15.7. The normalized spacial score (nSPS) is 14.1. The summed E-state index contributed by atoms with van der Waals surface area (Å²) in [5, 5.41) is 3.04. The average Bonchev–Trinajstić information content (AvgIpc) is 3.69. The number of likely N-dealkylation sites (N-methyl/N-ethyl adjacent to an activating group) is 1. The fraction of sp³-hybridized carbons (Fsp3) is 0.740. The van der Waals surface area contributed by atoms with Crippen LogP contribution in [0.5, 0.6) is 0 Å². The number of hydrogen-bond donors (Lipinski definition) is 1. The molecule has 0 spiro atoms. The Morgan fingerprint density at radius 2 is 0.701 bits per heavy atom. The number of phosphoric acid groups is 1. The number of esters is 1. The van der Waals surface area contributed by atoms with Gasteiger partial charge in [-0.3, -0.25) is 14.2 Å². The van der Waals surface area contributed by atoms with E-state index in [4.69, 9.17) is 13.8 Å². The van der Waals surface area contributed by atoms with Crippen molar-refractivity contribution >= 4 is 19.7 Å². The summed E-state index contributed by atoms with van der Waals surface area (Å²) >= 11 is 0. The molecule has 1 N–H and O–H groups in total. The third-order valence-corrected chi connectivity index (χ3v) is 16.6. The molecule has 3 atom stereocenters. The Hall–Kier alpha value is -3.33. The number of phosphoric ester groups is 1. The lowest BCUT2D eigenvalue weighted by molar-refractivity contribution is -0.870. The molecule has 87 heavy (non-hydrogen) atoms. The first-order chi connectivity index (χ1) is 42.4. The molecule has 502 valence electrons. The maximum Gasteiger partial charge on any atom is 0.306 e. The molecule has 0 saturated carbocycles. The van der Waals surface area contributed by atoms with E-state index in [0.717, 1.165) is 116 Å². The van der Waals surface area contributed by atoms with Crippen molar-refractivity contribution in [3.05, 3.63) is 109 Å². The second-order valence-corrected chi connectivity index (χ2v) is 26.8. The van der Waals surface area contributed by atoms with Crippen LogP contribution in [0, 0.1) is 0 Å². The Morgan fingerprint density at radius 1 is 0.402 bits per heavy atom. The Labute approximate surface area is 538 Å². The number of carbonyl (C=O) groups is 2. The average molecular weight is 1230 g/mol. The molecule has 0 aliphatic carbocycles. The number of unbranched alkanes of at least 4 members (excludes halogenated alkanes) is 33. The monoisotopic (exact) mass is 1230 g/mol. The molecule has 0 fully saturated rings. The molecule has 3 unspecified atom stereocenters. The molecule has 9 nitrogen and oxygen atoms in total. The second kappa shape index (κ2) is 65.6. The SMILES string of the molecule is CCCCC/C=C\C/C=C\C/C=C\C/C=C\CCCCCCCCCCCCCC(=O)NC(COP(=O)([O-])OCC[N+](C)(C)C)C(/C=C\CCCCCCCCCCCCC)OC(=O)CCCCCCC/C=C\C/C=C\C/C=C\C/C=C\CCCCC. The van der Waals surface area contributed by atoms with Crippen LogP contribution in [-0.2, 0) is 27.9 Å². The highest BCUT2D eigenvalue weighted by Crippen LogP contribution is 2.38.